The monoisotopic (exact) mass is 1290 g/mol. The summed E-state index contributed by atoms with van der Waals surface area (Å²) in [6, 6.07) is 23.4. The van der Waals surface area contributed by atoms with E-state index in [0.717, 1.165) is 30.5 Å². The van der Waals surface area contributed by atoms with Gasteiger partial charge in [0.25, 0.3) is 5.56 Å². The normalized spacial score (nSPS) is 21.3. The largest absolute Gasteiger partial charge is 0.497 e. The van der Waals surface area contributed by atoms with Crippen LogP contribution >= 0.6 is 8.30 Å². The average Bonchev–Trinajstić information content (AvgIpc) is 1.16. The molecule has 7 rings (SSSR count). The van der Waals surface area contributed by atoms with Crippen LogP contribution in [0.4, 0.5) is 10.3 Å². The van der Waals surface area contributed by atoms with E-state index >= 15 is 4.39 Å². The van der Waals surface area contributed by atoms with Crippen molar-refractivity contribution in [3.63, 3.8) is 0 Å². The molecule has 2 aliphatic rings. The van der Waals surface area contributed by atoms with Crippen molar-refractivity contribution in [2.45, 2.75) is 142 Å². The van der Waals surface area contributed by atoms with Gasteiger partial charge in [0.15, 0.2) is 42.1 Å². The zero-order valence-corrected chi connectivity index (χ0v) is 54.3. The summed E-state index contributed by atoms with van der Waals surface area (Å²) >= 11 is 0. The Hall–Kier alpha value is -7.04. The fourth-order valence-corrected chi connectivity index (χ4v) is 13.0. The number of rotatable bonds is 34. The molecule has 0 bridgehead atoms. The molecule has 498 valence electrons. The summed E-state index contributed by atoms with van der Waals surface area (Å²) in [5.74, 6) is -2.34. The molecular weight excluding hydrogens is 1210 g/mol. The van der Waals surface area contributed by atoms with Gasteiger partial charge in [-0.05, 0) is 68.7 Å². The Kier molecular flexibility index (Phi) is 26.7. The fourth-order valence-electron chi connectivity index (χ4n) is 10.7. The summed E-state index contributed by atoms with van der Waals surface area (Å²) in [6.45, 7) is 16.6. The molecule has 2 aromatic heterocycles. The molecule has 10 atom stereocenters. The number of carbonyl (C=O) groups is 5. The van der Waals surface area contributed by atoms with Crippen molar-refractivity contribution in [3.8, 4) is 11.5 Å². The van der Waals surface area contributed by atoms with Crippen LogP contribution in [-0.2, 0) is 81.5 Å². The Morgan fingerprint density at radius 1 is 0.703 bits per heavy atom. The summed E-state index contributed by atoms with van der Waals surface area (Å²) in [4.78, 5) is 86.1. The number of hydrogen-bond donors (Lipinski definition) is 3. The van der Waals surface area contributed by atoms with E-state index in [0.29, 0.717) is 17.7 Å². The fraction of sp³-hybridized carbons (Fsp3) is 0.556. The van der Waals surface area contributed by atoms with Crippen molar-refractivity contribution >= 4 is 55.1 Å². The Balaban J connectivity index is 1.06. The number of H-pyrrole nitrogens is 1. The van der Waals surface area contributed by atoms with Crippen molar-refractivity contribution in [1.29, 1.82) is 0 Å². The minimum Gasteiger partial charge on any atom is -0.497 e. The van der Waals surface area contributed by atoms with Gasteiger partial charge in [0, 0.05) is 51.9 Å². The van der Waals surface area contributed by atoms with E-state index < -0.39 is 110 Å². The number of anilines is 1. The van der Waals surface area contributed by atoms with Crippen LogP contribution in [0.1, 0.15) is 92.2 Å². The van der Waals surface area contributed by atoms with E-state index in [-0.39, 0.29) is 88.7 Å². The van der Waals surface area contributed by atoms with Gasteiger partial charge >= 0.3 is 17.9 Å². The smallest absolute Gasteiger partial charge is 0.303 e. The molecule has 3 N–H and O–H groups in total. The molecule has 91 heavy (non-hydrogen) atoms. The Labute approximate surface area is 529 Å². The van der Waals surface area contributed by atoms with Gasteiger partial charge in [-0.15, -0.1) is 0 Å². The Bertz CT molecular complexity index is 3160. The number of aromatic nitrogens is 4. The second kappa shape index (κ2) is 34.0. The van der Waals surface area contributed by atoms with Gasteiger partial charge in [0.1, 0.15) is 56.4 Å². The second-order valence-electron chi connectivity index (χ2n) is 22.3. The number of ether oxygens (including phenoxy) is 12. The van der Waals surface area contributed by atoms with Crippen LogP contribution in [0.5, 0.6) is 11.5 Å². The van der Waals surface area contributed by atoms with Gasteiger partial charge in [-0.25, -0.2) is 9.37 Å². The van der Waals surface area contributed by atoms with E-state index in [2.05, 4.69) is 30.3 Å². The van der Waals surface area contributed by atoms with E-state index in [1.807, 2.05) is 107 Å². The zero-order chi connectivity index (χ0) is 65.9. The molecule has 28 heteroatoms. The first-order chi connectivity index (χ1) is 43.6. The summed E-state index contributed by atoms with van der Waals surface area (Å²) in [5, 5.41) is 5.29. The van der Waals surface area contributed by atoms with Crippen molar-refractivity contribution in [2.24, 2.45) is 5.92 Å². The van der Waals surface area contributed by atoms with Crippen molar-refractivity contribution in [3.05, 3.63) is 112 Å². The third-order valence-corrected chi connectivity index (χ3v) is 17.2. The maximum absolute atomic E-state index is 18.2. The molecule has 0 radical (unpaired) electrons. The van der Waals surface area contributed by atoms with Gasteiger partial charge < -0.3 is 66.7 Å². The third-order valence-electron chi connectivity index (χ3n) is 14.7. The molecular formula is C63H85FN7O19P. The van der Waals surface area contributed by atoms with Gasteiger partial charge in [0.2, 0.25) is 17.8 Å². The lowest BCUT2D eigenvalue weighted by atomic mass is 9.80. The van der Waals surface area contributed by atoms with Crippen LogP contribution in [0.15, 0.2) is 90.0 Å². The number of carbonyl (C=O) groups excluding carboxylic acids is 5. The number of esters is 3. The van der Waals surface area contributed by atoms with Crippen molar-refractivity contribution in [1.82, 2.24) is 29.5 Å². The average molecular weight is 1290 g/mol. The van der Waals surface area contributed by atoms with Crippen LogP contribution in [0.2, 0.25) is 0 Å². The van der Waals surface area contributed by atoms with E-state index in [9.17, 15) is 28.8 Å². The number of aromatic amines is 1. The maximum Gasteiger partial charge on any atom is 0.303 e. The van der Waals surface area contributed by atoms with Crippen molar-refractivity contribution in [2.75, 3.05) is 85.2 Å². The molecule has 1 unspecified atom stereocenters. The SMILES string of the molecule is COc1ccc(C(OC[C@H]2O[C@@H](n3cnc4c(=O)[nH]c(NC(=O)C(C)C)nc43)[C@H](F)[C@@H]2OP(CCOCCOCCOCCO[C@@H]2O[C@H](COC(C)=O)[C@H](OC(C)=O)[C@H](OC(C)=O)[C@H]2NC(C)=O)N(C(C)C)C(C)C)(c2ccccc2)c2ccc(OC)cc2)cc1. The lowest BCUT2D eigenvalue weighted by Crippen LogP contribution is -2.66. The highest BCUT2D eigenvalue weighted by molar-refractivity contribution is 7.50. The highest BCUT2D eigenvalue weighted by atomic mass is 31.2. The molecule has 26 nitrogen and oxygen atoms in total. The van der Waals surface area contributed by atoms with Gasteiger partial charge in [-0.2, -0.15) is 4.98 Å². The van der Waals surface area contributed by atoms with E-state index in [1.54, 1.807) is 28.1 Å². The van der Waals surface area contributed by atoms with E-state index in [1.165, 1.54) is 24.7 Å². The first-order valence-electron chi connectivity index (χ1n) is 30.1. The first kappa shape index (κ1) is 71.4. The molecule has 0 aliphatic carbocycles. The van der Waals surface area contributed by atoms with Gasteiger partial charge in [-0.3, -0.25) is 48.3 Å². The number of benzene rings is 3. The molecule has 2 saturated heterocycles. The lowest BCUT2D eigenvalue weighted by Gasteiger charge is -2.44. The standard InChI is InChI=1S/C63H85FN7O19P/c1-37(2)58(76)68-62-67-57-53(59(77)69-62)65-36-70(57)60-51(64)54(50(88-60)35-85-63(44-16-14-13-15-17-44,45-18-22-47(78-11)23-19-45)46-20-24-48(79-12)25-21-46)90-91(71(38(3)4)39(5)6)33-32-82-29-28-80-26-27-81-30-31-83-61-52(66-40(7)72)56(87-43(10)75)55(86-42(9)74)49(89-61)34-84-41(8)73/h13-25,36-39,49-52,54-56,60-61H,26-35H2,1-12H3,(H,66,72)(H2,67,68,69,76,77)/t49-,50-,51-,52-,54-,55+,56-,60-,61-,91?/m1/s1. The summed E-state index contributed by atoms with van der Waals surface area (Å²) < 4.78 is 100.0. The van der Waals surface area contributed by atoms with Gasteiger partial charge in [0.05, 0.1) is 73.4 Å². The summed E-state index contributed by atoms with van der Waals surface area (Å²) in [7, 11) is 1.52. The molecule has 5 aromatic rings. The van der Waals surface area contributed by atoms with E-state index in [4.69, 9.17) is 61.4 Å². The number of halogens is 1. The number of imidazole rings is 1. The van der Waals surface area contributed by atoms with Crippen LogP contribution < -0.4 is 25.7 Å². The minimum atomic E-state index is -1.91. The van der Waals surface area contributed by atoms with Crippen molar-refractivity contribution < 1.29 is 89.7 Å². The Morgan fingerprint density at radius 2 is 1.25 bits per heavy atom. The zero-order valence-electron chi connectivity index (χ0n) is 53.5. The number of nitrogens with zero attached hydrogens (tertiary/aromatic N) is 4. The van der Waals surface area contributed by atoms with Crippen LogP contribution in [0.25, 0.3) is 11.2 Å². The highest BCUT2D eigenvalue weighted by Crippen LogP contribution is 2.51. The van der Waals surface area contributed by atoms with Crippen LogP contribution in [0, 0.1) is 5.92 Å². The molecule has 0 spiro atoms. The number of nitrogens with one attached hydrogen (secondary N) is 3. The molecule has 2 aliphatic heterocycles. The molecule has 0 saturated carbocycles. The number of hydrogen-bond acceptors (Lipinski definition) is 22. The predicted octanol–water partition coefficient (Wildman–Crippen LogP) is 6.51. The minimum absolute atomic E-state index is 0.0269. The van der Waals surface area contributed by atoms with Crippen LogP contribution in [-0.4, -0.2) is 195 Å². The maximum atomic E-state index is 18.2. The number of alkyl halides is 1. The Morgan fingerprint density at radius 3 is 1.79 bits per heavy atom. The number of amides is 2. The lowest BCUT2D eigenvalue weighted by molar-refractivity contribution is -0.279. The summed E-state index contributed by atoms with van der Waals surface area (Å²) in [5.41, 5.74) is 0.115. The predicted molar refractivity (Wildman–Crippen MR) is 330 cm³/mol. The topological polar surface area (TPSA) is 296 Å². The summed E-state index contributed by atoms with van der Waals surface area (Å²) in [6.07, 6.45) is -9.02. The molecule has 2 fully saturated rings. The number of fused-ring (bicyclic) bond motifs is 1. The quantitative estimate of drug-likeness (QED) is 0.0130. The molecule has 4 heterocycles. The second-order valence-corrected chi connectivity index (χ2v) is 24.2. The first-order valence-corrected chi connectivity index (χ1v) is 31.5. The van der Waals surface area contributed by atoms with Gasteiger partial charge in [-0.1, -0.05) is 68.4 Å². The third kappa shape index (κ3) is 18.8. The highest BCUT2D eigenvalue weighted by Gasteiger charge is 2.53. The molecule has 3 aromatic carbocycles. The molecule has 2 amide bonds. The van der Waals surface area contributed by atoms with Crippen LogP contribution in [0.3, 0.4) is 0 Å². The number of methoxy groups -OCH3 is 2.